The van der Waals surface area contributed by atoms with Gasteiger partial charge in [0.15, 0.2) is 5.82 Å². The first-order valence-corrected chi connectivity index (χ1v) is 7.94. The van der Waals surface area contributed by atoms with Crippen LogP contribution in [0.15, 0.2) is 53.7 Å². The predicted molar refractivity (Wildman–Crippen MR) is 87.6 cm³/mol. The monoisotopic (exact) mass is 315 g/mol. The van der Waals surface area contributed by atoms with Crippen LogP contribution < -0.4 is 0 Å². The van der Waals surface area contributed by atoms with Crippen LogP contribution in [0.3, 0.4) is 0 Å². The van der Waals surface area contributed by atoms with Crippen molar-refractivity contribution in [2.75, 3.05) is 0 Å². The molecule has 2 aromatic carbocycles. The molecular weight excluding hydrogens is 302 g/mol. The summed E-state index contributed by atoms with van der Waals surface area (Å²) in [6, 6.07) is 16.1. The number of aromatic amines is 1. The molecule has 1 N–H and O–H groups in total. The molecule has 21 heavy (non-hydrogen) atoms. The van der Waals surface area contributed by atoms with Crippen LogP contribution in [0, 0.1) is 6.92 Å². The maximum atomic E-state index is 6.16. The number of aryl methyl sites for hydroxylation is 1. The van der Waals surface area contributed by atoms with Crippen molar-refractivity contribution in [3.63, 3.8) is 0 Å². The molecule has 0 spiro atoms. The minimum Gasteiger partial charge on any atom is -0.258 e. The van der Waals surface area contributed by atoms with E-state index in [1.165, 1.54) is 11.1 Å². The molecule has 0 aliphatic carbocycles. The Bertz CT molecular complexity index is 737. The highest BCUT2D eigenvalue weighted by Crippen LogP contribution is 2.27. The molecule has 1 heterocycles. The molecule has 0 saturated carbocycles. The molecule has 0 aliphatic heterocycles. The fourth-order valence-corrected chi connectivity index (χ4v) is 2.90. The minimum absolute atomic E-state index is 0.670. The smallest absolute Gasteiger partial charge is 0.209 e. The Morgan fingerprint density at radius 2 is 1.86 bits per heavy atom. The van der Waals surface area contributed by atoms with Crippen molar-refractivity contribution in [2.24, 2.45) is 0 Å². The lowest BCUT2D eigenvalue weighted by atomic mass is 10.2. The van der Waals surface area contributed by atoms with Crippen molar-refractivity contribution in [3.8, 4) is 11.4 Å². The van der Waals surface area contributed by atoms with Crippen LogP contribution in [0.1, 0.15) is 11.1 Å². The van der Waals surface area contributed by atoms with Crippen molar-refractivity contribution >= 4 is 23.4 Å². The van der Waals surface area contributed by atoms with Crippen LogP contribution in [-0.4, -0.2) is 15.2 Å². The average Bonchev–Trinajstić information content (AvgIpc) is 2.96. The van der Waals surface area contributed by atoms with Gasteiger partial charge in [-0.2, -0.15) is 0 Å². The van der Waals surface area contributed by atoms with Gasteiger partial charge in [-0.25, -0.2) is 4.98 Å². The summed E-state index contributed by atoms with van der Waals surface area (Å²) >= 11 is 7.77. The van der Waals surface area contributed by atoms with Gasteiger partial charge in [-0.15, -0.1) is 5.10 Å². The van der Waals surface area contributed by atoms with Crippen LogP contribution in [-0.2, 0) is 5.75 Å². The summed E-state index contributed by atoms with van der Waals surface area (Å²) in [4.78, 5) is 4.49. The Hall–Kier alpha value is -1.78. The van der Waals surface area contributed by atoms with Gasteiger partial charge < -0.3 is 0 Å². The van der Waals surface area contributed by atoms with Crippen molar-refractivity contribution in [3.05, 3.63) is 64.7 Å². The highest BCUT2D eigenvalue weighted by Gasteiger charge is 2.09. The Kier molecular flexibility index (Phi) is 4.27. The zero-order chi connectivity index (χ0) is 14.7. The molecule has 106 valence electrons. The molecule has 0 atom stereocenters. The number of halogens is 1. The highest BCUT2D eigenvalue weighted by molar-refractivity contribution is 7.98. The number of nitrogens with one attached hydrogen (secondary N) is 1. The zero-order valence-electron chi connectivity index (χ0n) is 11.5. The normalized spacial score (nSPS) is 10.8. The lowest BCUT2D eigenvalue weighted by Gasteiger charge is -1.99. The second-order valence-electron chi connectivity index (χ2n) is 4.72. The molecule has 5 heteroatoms. The number of benzene rings is 2. The SMILES string of the molecule is Cc1ccc(CSc2n[nH]c(-c3ccccc3Cl)n2)cc1. The Morgan fingerprint density at radius 1 is 1.10 bits per heavy atom. The van der Waals surface area contributed by atoms with Crippen molar-refractivity contribution in [1.82, 2.24) is 15.2 Å². The van der Waals surface area contributed by atoms with Crippen LogP contribution in [0.4, 0.5) is 0 Å². The fourth-order valence-electron chi connectivity index (χ4n) is 1.92. The standard InChI is InChI=1S/C16H14ClN3S/c1-11-6-8-12(9-7-11)10-21-16-18-15(19-20-16)13-4-2-3-5-14(13)17/h2-9H,10H2,1H3,(H,18,19,20). The average molecular weight is 316 g/mol. The van der Waals surface area contributed by atoms with Gasteiger partial charge in [-0.3, -0.25) is 5.10 Å². The van der Waals surface area contributed by atoms with E-state index < -0.39 is 0 Å². The Morgan fingerprint density at radius 3 is 2.62 bits per heavy atom. The second-order valence-corrected chi connectivity index (χ2v) is 6.07. The largest absolute Gasteiger partial charge is 0.258 e. The molecule has 3 nitrogen and oxygen atoms in total. The summed E-state index contributed by atoms with van der Waals surface area (Å²) in [6.45, 7) is 2.09. The minimum atomic E-state index is 0.670. The van der Waals surface area contributed by atoms with E-state index in [0.717, 1.165) is 16.5 Å². The summed E-state index contributed by atoms with van der Waals surface area (Å²) < 4.78 is 0. The summed E-state index contributed by atoms with van der Waals surface area (Å²) in [7, 11) is 0. The maximum absolute atomic E-state index is 6.16. The number of thioether (sulfide) groups is 1. The first-order chi connectivity index (χ1) is 10.2. The van der Waals surface area contributed by atoms with Gasteiger partial charge in [-0.1, -0.05) is 65.3 Å². The van der Waals surface area contributed by atoms with Gasteiger partial charge >= 0.3 is 0 Å². The number of hydrogen-bond acceptors (Lipinski definition) is 3. The lowest BCUT2D eigenvalue weighted by Crippen LogP contribution is -1.83. The van der Waals surface area contributed by atoms with E-state index >= 15 is 0 Å². The van der Waals surface area contributed by atoms with Gasteiger partial charge in [-0.05, 0) is 24.6 Å². The molecule has 0 bridgehead atoms. The Balaban J connectivity index is 1.71. The van der Waals surface area contributed by atoms with E-state index in [9.17, 15) is 0 Å². The topological polar surface area (TPSA) is 41.6 Å². The van der Waals surface area contributed by atoms with E-state index in [1.54, 1.807) is 11.8 Å². The fraction of sp³-hybridized carbons (Fsp3) is 0.125. The van der Waals surface area contributed by atoms with Gasteiger partial charge in [0.25, 0.3) is 0 Å². The van der Waals surface area contributed by atoms with Crippen LogP contribution in [0.5, 0.6) is 0 Å². The quantitative estimate of drug-likeness (QED) is 0.708. The maximum Gasteiger partial charge on any atom is 0.209 e. The van der Waals surface area contributed by atoms with Gasteiger partial charge in [0.2, 0.25) is 5.16 Å². The number of aromatic nitrogens is 3. The number of rotatable bonds is 4. The second kappa shape index (κ2) is 6.33. The molecule has 3 aromatic rings. The highest BCUT2D eigenvalue weighted by atomic mass is 35.5. The number of hydrogen-bond donors (Lipinski definition) is 1. The molecule has 0 saturated heterocycles. The summed E-state index contributed by atoms with van der Waals surface area (Å²) in [5.41, 5.74) is 3.39. The van der Waals surface area contributed by atoms with Crippen LogP contribution in [0.25, 0.3) is 11.4 Å². The molecule has 1 aromatic heterocycles. The predicted octanol–water partition coefficient (Wildman–Crippen LogP) is 4.73. The summed E-state index contributed by atoms with van der Waals surface area (Å²) in [5, 5.41) is 8.57. The molecule has 0 fully saturated rings. The molecule has 3 rings (SSSR count). The van der Waals surface area contributed by atoms with Crippen molar-refractivity contribution < 1.29 is 0 Å². The molecule has 0 amide bonds. The summed E-state index contributed by atoms with van der Waals surface area (Å²) in [6.07, 6.45) is 0. The third kappa shape index (κ3) is 3.46. The first kappa shape index (κ1) is 14.2. The number of nitrogens with zero attached hydrogens (tertiary/aromatic N) is 2. The van der Waals surface area contributed by atoms with Crippen molar-refractivity contribution in [1.29, 1.82) is 0 Å². The molecule has 0 aliphatic rings. The van der Waals surface area contributed by atoms with Gasteiger partial charge in [0, 0.05) is 11.3 Å². The summed E-state index contributed by atoms with van der Waals surface area (Å²) in [5.74, 6) is 1.55. The Labute approximate surface area is 132 Å². The van der Waals surface area contributed by atoms with Crippen LogP contribution in [0.2, 0.25) is 5.02 Å². The zero-order valence-corrected chi connectivity index (χ0v) is 13.1. The van der Waals surface area contributed by atoms with E-state index in [0.29, 0.717) is 10.8 Å². The number of H-pyrrole nitrogens is 1. The molecule has 0 unspecified atom stereocenters. The molecule has 0 radical (unpaired) electrons. The third-order valence-corrected chi connectivity index (χ3v) is 4.33. The van der Waals surface area contributed by atoms with E-state index in [4.69, 9.17) is 11.6 Å². The van der Waals surface area contributed by atoms with Gasteiger partial charge in [0.1, 0.15) is 0 Å². The first-order valence-electron chi connectivity index (χ1n) is 6.58. The third-order valence-electron chi connectivity index (χ3n) is 3.08. The van der Waals surface area contributed by atoms with Crippen LogP contribution >= 0.6 is 23.4 Å². The van der Waals surface area contributed by atoms with Gasteiger partial charge in [0.05, 0.1) is 5.02 Å². The van der Waals surface area contributed by atoms with E-state index in [-0.39, 0.29) is 0 Å². The van der Waals surface area contributed by atoms with Crippen molar-refractivity contribution in [2.45, 2.75) is 17.8 Å². The van der Waals surface area contributed by atoms with E-state index in [1.807, 2.05) is 24.3 Å². The van der Waals surface area contributed by atoms with E-state index in [2.05, 4.69) is 46.4 Å². The molecular formula is C16H14ClN3S. The lowest BCUT2D eigenvalue weighted by molar-refractivity contribution is 0.973.